The largest absolute Gasteiger partial charge is 0.313 e. The van der Waals surface area contributed by atoms with Crippen LogP contribution in [-0.4, -0.2) is 30.6 Å². The number of hydrogen-bond donors (Lipinski definition) is 1. The van der Waals surface area contributed by atoms with Crippen LogP contribution in [0.1, 0.15) is 44.6 Å². The minimum Gasteiger partial charge on any atom is -0.313 e. The Labute approximate surface area is 123 Å². The van der Waals surface area contributed by atoms with E-state index in [0.717, 1.165) is 12.6 Å². The third kappa shape index (κ3) is 3.62. The molecule has 2 heteroatoms. The van der Waals surface area contributed by atoms with Crippen LogP contribution in [0, 0.1) is 5.41 Å². The smallest absolute Gasteiger partial charge is 0.0233 e. The summed E-state index contributed by atoms with van der Waals surface area (Å²) in [5.74, 6) is 0. The molecule has 1 N–H and O–H groups in total. The van der Waals surface area contributed by atoms with E-state index in [0.29, 0.717) is 5.41 Å². The molecular formula is C18H28N2. The van der Waals surface area contributed by atoms with Gasteiger partial charge in [0.15, 0.2) is 0 Å². The highest BCUT2D eigenvalue weighted by Crippen LogP contribution is 2.48. The summed E-state index contributed by atoms with van der Waals surface area (Å²) in [4.78, 5) is 2.60. The molecule has 2 nitrogen and oxygen atoms in total. The first kappa shape index (κ1) is 14.1. The summed E-state index contributed by atoms with van der Waals surface area (Å²) in [5, 5.41) is 3.83. The van der Waals surface area contributed by atoms with Crippen LogP contribution in [0.25, 0.3) is 0 Å². The van der Waals surface area contributed by atoms with E-state index in [-0.39, 0.29) is 0 Å². The fourth-order valence-electron chi connectivity index (χ4n) is 3.33. The highest BCUT2D eigenvalue weighted by atomic mass is 15.1. The van der Waals surface area contributed by atoms with Crippen molar-refractivity contribution in [3.63, 3.8) is 0 Å². The molecule has 20 heavy (non-hydrogen) atoms. The summed E-state index contributed by atoms with van der Waals surface area (Å²) >= 11 is 0. The van der Waals surface area contributed by atoms with Crippen molar-refractivity contribution in [2.75, 3.05) is 19.6 Å². The van der Waals surface area contributed by atoms with E-state index in [1.807, 2.05) is 0 Å². The van der Waals surface area contributed by atoms with Gasteiger partial charge < -0.3 is 5.32 Å². The van der Waals surface area contributed by atoms with E-state index in [1.54, 1.807) is 0 Å². The SMILES string of the molecule is CCC1(CNC2CCN(Cc3ccccc3)CC2)CC1. The number of nitrogens with one attached hydrogen (secondary N) is 1. The molecule has 0 unspecified atom stereocenters. The lowest BCUT2D eigenvalue weighted by molar-refractivity contribution is 0.186. The Bertz CT molecular complexity index is 403. The van der Waals surface area contributed by atoms with Crippen LogP contribution in [0.2, 0.25) is 0 Å². The highest BCUT2D eigenvalue weighted by Gasteiger charge is 2.40. The maximum absolute atomic E-state index is 3.83. The Morgan fingerprint density at radius 2 is 1.85 bits per heavy atom. The van der Waals surface area contributed by atoms with Gasteiger partial charge in [-0.3, -0.25) is 4.90 Å². The van der Waals surface area contributed by atoms with Gasteiger partial charge in [0.1, 0.15) is 0 Å². The van der Waals surface area contributed by atoms with Crippen molar-refractivity contribution in [3.8, 4) is 0 Å². The second-order valence-electron chi connectivity index (χ2n) is 6.77. The van der Waals surface area contributed by atoms with E-state index in [9.17, 15) is 0 Å². The maximum Gasteiger partial charge on any atom is 0.0233 e. The van der Waals surface area contributed by atoms with Crippen molar-refractivity contribution in [1.82, 2.24) is 10.2 Å². The highest BCUT2D eigenvalue weighted by molar-refractivity contribution is 5.14. The zero-order valence-corrected chi connectivity index (χ0v) is 12.8. The number of rotatable bonds is 6. The average molecular weight is 272 g/mol. The van der Waals surface area contributed by atoms with Gasteiger partial charge in [-0.25, -0.2) is 0 Å². The molecule has 0 amide bonds. The lowest BCUT2D eigenvalue weighted by atomic mass is 10.0. The molecule has 1 aromatic carbocycles. The molecule has 110 valence electrons. The predicted molar refractivity (Wildman–Crippen MR) is 84.7 cm³/mol. The van der Waals surface area contributed by atoms with Crippen LogP contribution in [0.3, 0.4) is 0 Å². The molecule has 0 atom stereocenters. The standard InChI is InChI=1S/C18H28N2/c1-2-18(10-11-18)15-19-17-8-12-20(13-9-17)14-16-6-4-3-5-7-16/h3-7,17,19H,2,8-15H2,1H3. The molecule has 1 saturated heterocycles. The van der Waals surface area contributed by atoms with E-state index < -0.39 is 0 Å². The van der Waals surface area contributed by atoms with E-state index in [4.69, 9.17) is 0 Å². The molecule has 0 aromatic heterocycles. The number of hydrogen-bond acceptors (Lipinski definition) is 2. The van der Waals surface area contributed by atoms with E-state index in [2.05, 4.69) is 47.5 Å². The molecule has 1 aromatic rings. The quantitative estimate of drug-likeness (QED) is 0.853. The van der Waals surface area contributed by atoms with Crippen LogP contribution < -0.4 is 5.32 Å². The van der Waals surface area contributed by atoms with Gasteiger partial charge in [0.25, 0.3) is 0 Å². The molecule has 1 aliphatic heterocycles. The number of piperidine rings is 1. The van der Waals surface area contributed by atoms with Crippen LogP contribution in [-0.2, 0) is 6.54 Å². The number of likely N-dealkylation sites (tertiary alicyclic amines) is 1. The molecule has 1 saturated carbocycles. The lowest BCUT2D eigenvalue weighted by Gasteiger charge is -2.33. The maximum atomic E-state index is 3.83. The number of nitrogens with zero attached hydrogens (tertiary/aromatic N) is 1. The Balaban J connectivity index is 1.39. The first-order chi connectivity index (χ1) is 9.80. The second kappa shape index (κ2) is 6.28. The summed E-state index contributed by atoms with van der Waals surface area (Å²) in [5.41, 5.74) is 2.13. The molecule has 0 spiro atoms. The second-order valence-corrected chi connectivity index (χ2v) is 6.77. The van der Waals surface area contributed by atoms with Gasteiger partial charge in [-0.1, -0.05) is 37.3 Å². The predicted octanol–water partition coefficient (Wildman–Crippen LogP) is 3.43. The molecule has 1 aliphatic carbocycles. The molecule has 2 aliphatic rings. The Kier molecular flexibility index (Phi) is 4.42. The van der Waals surface area contributed by atoms with Crippen molar-refractivity contribution in [1.29, 1.82) is 0 Å². The van der Waals surface area contributed by atoms with Crippen molar-refractivity contribution >= 4 is 0 Å². The van der Waals surface area contributed by atoms with Crippen molar-refractivity contribution in [2.45, 2.75) is 51.6 Å². The van der Waals surface area contributed by atoms with Crippen molar-refractivity contribution < 1.29 is 0 Å². The monoisotopic (exact) mass is 272 g/mol. The Morgan fingerprint density at radius 1 is 1.15 bits per heavy atom. The van der Waals surface area contributed by atoms with Gasteiger partial charge in [0.05, 0.1) is 0 Å². The third-order valence-corrected chi connectivity index (χ3v) is 5.31. The van der Waals surface area contributed by atoms with Crippen molar-refractivity contribution in [3.05, 3.63) is 35.9 Å². The summed E-state index contributed by atoms with van der Waals surface area (Å²) < 4.78 is 0. The first-order valence-corrected chi connectivity index (χ1v) is 8.29. The summed E-state index contributed by atoms with van der Waals surface area (Å²) in [6.07, 6.45) is 6.87. The van der Waals surface area contributed by atoms with Gasteiger partial charge in [-0.05, 0) is 56.2 Å². The molecule has 1 heterocycles. The Morgan fingerprint density at radius 3 is 2.45 bits per heavy atom. The minimum absolute atomic E-state index is 0.682. The van der Waals surface area contributed by atoms with Gasteiger partial charge in [-0.15, -0.1) is 0 Å². The molecule has 0 bridgehead atoms. The lowest BCUT2D eigenvalue weighted by Crippen LogP contribution is -2.43. The molecule has 2 fully saturated rings. The average Bonchev–Trinajstić information content (AvgIpc) is 3.28. The van der Waals surface area contributed by atoms with E-state index in [1.165, 1.54) is 57.3 Å². The van der Waals surface area contributed by atoms with Crippen LogP contribution in [0.4, 0.5) is 0 Å². The zero-order chi connectivity index (χ0) is 13.8. The van der Waals surface area contributed by atoms with Gasteiger partial charge >= 0.3 is 0 Å². The van der Waals surface area contributed by atoms with Gasteiger partial charge in [-0.2, -0.15) is 0 Å². The van der Waals surface area contributed by atoms with Gasteiger partial charge in [0.2, 0.25) is 0 Å². The molecular weight excluding hydrogens is 244 g/mol. The fraction of sp³-hybridized carbons (Fsp3) is 0.667. The van der Waals surface area contributed by atoms with Crippen LogP contribution >= 0.6 is 0 Å². The molecule has 0 radical (unpaired) electrons. The van der Waals surface area contributed by atoms with Gasteiger partial charge in [0, 0.05) is 19.1 Å². The minimum atomic E-state index is 0.682. The summed E-state index contributed by atoms with van der Waals surface area (Å²) in [6, 6.07) is 11.6. The zero-order valence-electron chi connectivity index (χ0n) is 12.8. The summed E-state index contributed by atoms with van der Waals surface area (Å²) in [7, 11) is 0. The summed E-state index contributed by atoms with van der Waals surface area (Å²) in [6.45, 7) is 7.20. The number of benzene rings is 1. The Hall–Kier alpha value is -0.860. The van der Waals surface area contributed by atoms with Crippen LogP contribution in [0.5, 0.6) is 0 Å². The van der Waals surface area contributed by atoms with Crippen molar-refractivity contribution in [2.24, 2.45) is 5.41 Å². The van der Waals surface area contributed by atoms with E-state index >= 15 is 0 Å². The first-order valence-electron chi connectivity index (χ1n) is 8.29. The fourth-order valence-corrected chi connectivity index (χ4v) is 3.33. The molecule has 3 rings (SSSR count). The topological polar surface area (TPSA) is 15.3 Å². The normalized spacial score (nSPS) is 22.9. The van der Waals surface area contributed by atoms with Crippen LogP contribution in [0.15, 0.2) is 30.3 Å². The third-order valence-electron chi connectivity index (χ3n) is 5.31.